The van der Waals surface area contributed by atoms with Crippen molar-refractivity contribution in [1.29, 1.82) is 0 Å². The number of benzene rings is 3. The first-order valence-electron chi connectivity index (χ1n) is 12.0. The largest absolute Gasteiger partial charge is 0.456 e. The van der Waals surface area contributed by atoms with E-state index < -0.39 is 22.6 Å². The molecule has 39 heavy (non-hydrogen) atoms. The van der Waals surface area contributed by atoms with Gasteiger partial charge in [0, 0.05) is 29.4 Å². The van der Waals surface area contributed by atoms with Crippen LogP contribution in [0.25, 0.3) is 16.7 Å². The maximum atomic E-state index is 15.3. The van der Waals surface area contributed by atoms with Crippen molar-refractivity contribution in [2.45, 2.75) is 13.5 Å². The van der Waals surface area contributed by atoms with E-state index in [0.717, 1.165) is 25.0 Å². The Balaban J connectivity index is 1.88. The Morgan fingerprint density at radius 1 is 0.949 bits per heavy atom. The zero-order valence-electron chi connectivity index (χ0n) is 21.4. The number of fused-ring (bicyclic) bond motifs is 1. The number of ether oxygens (including phenoxy) is 1. The molecule has 0 aliphatic rings. The fourth-order valence-corrected chi connectivity index (χ4v) is 4.86. The first kappa shape index (κ1) is 26.4. The highest BCUT2D eigenvalue weighted by molar-refractivity contribution is 14.1. The molecular formula is C29H24FIN4O4. The third-order valence-corrected chi connectivity index (χ3v) is 7.18. The van der Waals surface area contributed by atoms with Gasteiger partial charge in [-0.25, -0.2) is 13.8 Å². The summed E-state index contributed by atoms with van der Waals surface area (Å²) in [6.07, 6.45) is 0. The molecule has 0 bridgehead atoms. The van der Waals surface area contributed by atoms with Crippen LogP contribution in [0, 0.1) is 16.3 Å². The van der Waals surface area contributed by atoms with Crippen molar-refractivity contribution in [3.05, 3.63) is 125 Å². The Bertz CT molecular complexity index is 1910. The molecule has 0 saturated heterocycles. The fourth-order valence-electron chi connectivity index (χ4n) is 4.41. The minimum atomic E-state index is -0.784. The standard InChI is InChI=1S/C29H24FIN4O4/c1-17-6-4-5-7-23(17)39-24-15-25(36)33(3)27-26(24)28(37)34(16-18-8-11-20(32-2)12-9-18)29(38)35(27)22-13-10-19(31)14-21(22)30/h4-15,32H,16H2,1-3H3. The number of aryl methyl sites for hydroxylation is 2. The van der Waals surface area contributed by atoms with Crippen LogP contribution >= 0.6 is 22.6 Å². The summed E-state index contributed by atoms with van der Waals surface area (Å²) in [5.74, 6) is -0.253. The Labute approximate surface area is 236 Å². The molecule has 198 valence electrons. The molecule has 0 fully saturated rings. The van der Waals surface area contributed by atoms with Crippen molar-refractivity contribution in [2.24, 2.45) is 7.05 Å². The van der Waals surface area contributed by atoms with Crippen LogP contribution in [0.5, 0.6) is 11.5 Å². The molecule has 5 aromatic rings. The summed E-state index contributed by atoms with van der Waals surface area (Å²) in [5.41, 5.74) is 0.219. The molecule has 8 nitrogen and oxygen atoms in total. The van der Waals surface area contributed by atoms with Crippen LogP contribution in [0.2, 0.25) is 0 Å². The van der Waals surface area contributed by atoms with Crippen molar-refractivity contribution in [2.75, 3.05) is 12.4 Å². The lowest BCUT2D eigenvalue weighted by molar-refractivity contribution is 0.480. The topological polar surface area (TPSA) is 87.3 Å². The highest BCUT2D eigenvalue weighted by atomic mass is 127. The van der Waals surface area contributed by atoms with E-state index in [1.807, 2.05) is 53.8 Å². The number of nitrogens with one attached hydrogen (secondary N) is 1. The quantitative estimate of drug-likeness (QED) is 0.271. The van der Waals surface area contributed by atoms with Gasteiger partial charge in [-0.2, -0.15) is 0 Å². The molecule has 0 saturated carbocycles. The highest BCUT2D eigenvalue weighted by Crippen LogP contribution is 2.29. The van der Waals surface area contributed by atoms with E-state index in [-0.39, 0.29) is 29.0 Å². The molecule has 0 aliphatic heterocycles. The monoisotopic (exact) mass is 638 g/mol. The smallest absolute Gasteiger partial charge is 0.337 e. The molecule has 2 heterocycles. The van der Waals surface area contributed by atoms with Crippen molar-refractivity contribution in [3.63, 3.8) is 0 Å². The fraction of sp³-hybridized carbons (Fsp3) is 0.138. The Morgan fingerprint density at radius 2 is 1.67 bits per heavy atom. The molecule has 10 heteroatoms. The molecule has 1 N–H and O–H groups in total. The molecule has 2 aromatic heterocycles. The van der Waals surface area contributed by atoms with Crippen LogP contribution in [0.15, 0.2) is 87.2 Å². The molecule has 3 aromatic carbocycles. The molecule has 0 spiro atoms. The van der Waals surface area contributed by atoms with Gasteiger partial charge in [-0.1, -0.05) is 30.3 Å². The van der Waals surface area contributed by atoms with E-state index in [9.17, 15) is 14.4 Å². The third-order valence-electron chi connectivity index (χ3n) is 6.51. The zero-order chi connectivity index (χ0) is 27.8. The van der Waals surface area contributed by atoms with Gasteiger partial charge in [-0.05, 0) is 77.0 Å². The SMILES string of the molecule is CNc1ccc(Cn2c(=O)c3c(Oc4ccccc4C)cc(=O)n(C)c3n(-c3ccc(I)cc3F)c2=O)cc1. The molecule has 0 radical (unpaired) electrons. The van der Waals surface area contributed by atoms with E-state index in [1.165, 1.54) is 25.2 Å². The summed E-state index contributed by atoms with van der Waals surface area (Å²) in [4.78, 5) is 41.0. The third kappa shape index (κ3) is 4.87. The van der Waals surface area contributed by atoms with Gasteiger partial charge in [0.15, 0.2) is 0 Å². The average molecular weight is 638 g/mol. The van der Waals surface area contributed by atoms with E-state index in [2.05, 4.69) is 5.32 Å². The number of pyridine rings is 1. The number of rotatable bonds is 6. The molecule has 0 amide bonds. The normalized spacial score (nSPS) is 11.1. The second-order valence-corrected chi connectivity index (χ2v) is 10.3. The van der Waals surface area contributed by atoms with E-state index in [1.54, 1.807) is 37.4 Å². The Hall–Kier alpha value is -4.19. The van der Waals surface area contributed by atoms with Crippen molar-refractivity contribution in [3.8, 4) is 17.2 Å². The number of halogens is 2. The molecule has 0 aliphatic carbocycles. The highest BCUT2D eigenvalue weighted by Gasteiger charge is 2.24. The lowest BCUT2D eigenvalue weighted by atomic mass is 10.2. The second kappa shape index (κ2) is 10.5. The average Bonchev–Trinajstić information content (AvgIpc) is 2.91. The van der Waals surface area contributed by atoms with Gasteiger partial charge in [-0.3, -0.25) is 18.7 Å². The molecular weight excluding hydrogens is 614 g/mol. The molecule has 0 unspecified atom stereocenters. The van der Waals surface area contributed by atoms with Crippen molar-refractivity contribution >= 4 is 39.3 Å². The van der Waals surface area contributed by atoms with Gasteiger partial charge in [-0.15, -0.1) is 0 Å². The van der Waals surface area contributed by atoms with E-state index in [4.69, 9.17) is 4.74 Å². The van der Waals surface area contributed by atoms with Gasteiger partial charge >= 0.3 is 5.69 Å². The van der Waals surface area contributed by atoms with Crippen LogP contribution in [-0.4, -0.2) is 20.7 Å². The number of nitrogens with zero attached hydrogens (tertiary/aromatic N) is 3. The van der Waals surface area contributed by atoms with E-state index in [0.29, 0.717) is 14.9 Å². The van der Waals surface area contributed by atoms with Gasteiger partial charge < -0.3 is 10.1 Å². The Kier molecular flexibility index (Phi) is 7.13. The summed E-state index contributed by atoms with van der Waals surface area (Å²) < 4.78 is 25.3. The first-order chi connectivity index (χ1) is 18.7. The molecule has 0 atom stereocenters. The summed E-state index contributed by atoms with van der Waals surface area (Å²) in [5, 5.41) is 3.00. The van der Waals surface area contributed by atoms with Gasteiger partial charge in [0.1, 0.15) is 28.3 Å². The van der Waals surface area contributed by atoms with Gasteiger partial charge in [0.2, 0.25) is 0 Å². The van der Waals surface area contributed by atoms with Crippen LogP contribution < -0.4 is 26.9 Å². The zero-order valence-corrected chi connectivity index (χ0v) is 23.5. The predicted molar refractivity (Wildman–Crippen MR) is 158 cm³/mol. The predicted octanol–water partition coefficient (Wildman–Crippen LogP) is 4.79. The minimum absolute atomic E-state index is 0.0219. The number of hydrogen-bond donors (Lipinski definition) is 1. The van der Waals surface area contributed by atoms with Gasteiger partial charge in [0.05, 0.1) is 12.2 Å². The summed E-state index contributed by atoms with van der Waals surface area (Å²) >= 11 is 1.97. The lowest BCUT2D eigenvalue weighted by Crippen LogP contribution is -2.42. The van der Waals surface area contributed by atoms with E-state index >= 15 is 4.39 Å². The van der Waals surface area contributed by atoms with Crippen molar-refractivity contribution in [1.82, 2.24) is 13.7 Å². The summed E-state index contributed by atoms with van der Waals surface area (Å²) in [6, 6.07) is 20.0. The molecule has 5 rings (SSSR count). The van der Waals surface area contributed by atoms with Crippen LogP contribution in [0.1, 0.15) is 11.1 Å². The number of hydrogen-bond acceptors (Lipinski definition) is 5. The number of para-hydroxylation sites is 1. The number of aromatic nitrogens is 3. The maximum absolute atomic E-state index is 15.3. The van der Waals surface area contributed by atoms with Crippen LogP contribution in [-0.2, 0) is 13.6 Å². The second-order valence-electron chi connectivity index (χ2n) is 9.02. The summed E-state index contributed by atoms with van der Waals surface area (Å²) in [6.45, 7) is 1.76. The lowest BCUT2D eigenvalue weighted by Gasteiger charge is -2.19. The first-order valence-corrected chi connectivity index (χ1v) is 13.1. The Morgan fingerprint density at radius 3 is 2.33 bits per heavy atom. The van der Waals surface area contributed by atoms with Crippen molar-refractivity contribution < 1.29 is 9.13 Å². The minimum Gasteiger partial charge on any atom is -0.456 e. The summed E-state index contributed by atoms with van der Waals surface area (Å²) in [7, 11) is 3.22. The van der Waals surface area contributed by atoms with Gasteiger partial charge in [0.25, 0.3) is 11.1 Å². The maximum Gasteiger partial charge on any atom is 0.337 e. The van der Waals surface area contributed by atoms with Crippen LogP contribution in [0.3, 0.4) is 0 Å². The number of anilines is 1. The van der Waals surface area contributed by atoms with Crippen LogP contribution in [0.4, 0.5) is 10.1 Å².